The first-order valence-corrected chi connectivity index (χ1v) is 38.8. The fourth-order valence-corrected chi connectivity index (χ4v) is 22.7. The number of fused-ring (bicyclic) bond motifs is 15. The van der Waals surface area contributed by atoms with Gasteiger partial charge in [-0.25, -0.2) is 0 Å². The van der Waals surface area contributed by atoms with Crippen LogP contribution >= 0.6 is 15.9 Å². The Morgan fingerprint density at radius 2 is 0.916 bits per heavy atom. The minimum atomic E-state index is -0.0509. The summed E-state index contributed by atoms with van der Waals surface area (Å²) in [5, 5.41) is 48.0. The van der Waals surface area contributed by atoms with E-state index in [1.54, 1.807) is 16.7 Å². The third-order valence-corrected chi connectivity index (χ3v) is 28.0. The number of likely N-dealkylation sites (tertiary alicyclic amines) is 4. The molecule has 1 radical (unpaired) electrons. The molecule has 16 rings (SSSR count). The van der Waals surface area contributed by atoms with Crippen LogP contribution < -0.4 is 0 Å². The number of nitrogens with zero attached hydrogens (tertiary/aromatic N) is 4. The molecule has 16 unspecified atom stereocenters. The molecule has 3 aromatic carbocycles. The molecule has 0 spiro atoms. The Morgan fingerprint density at radius 3 is 1.27 bits per heavy atom. The number of allylic oxidation sites excluding steroid dienone is 4. The van der Waals surface area contributed by atoms with Gasteiger partial charge in [0.05, 0.1) is 38.6 Å². The Bertz CT molecular complexity index is 3130. The van der Waals surface area contributed by atoms with Crippen molar-refractivity contribution in [3.8, 4) is 17.2 Å². The van der Waals surface area contributed by atoms with Crippen LogP contribution in [0.4, 0.5) is 0 Å². The van der Waals surface area contributed by atoms with E-state index in [2.05, 4.69) is 114 Å². The smallest absolute Gasteiger partial charge is 0.115 e. The zero-order valence-corrected chi connectivity index (χ0v) is 65.8. The van der Waals surface area contributed by atoms with Crippen LogP contribution in [0.3, 0.4) is 0 Å². The summed E-state index contributed by atoms with van der Waals surface area (Å²) in [4.78, 5) is 9.15. The molecule has 13 aliphatic rings. The van der Waals surface area contributed by atoms with Gasteiger partial charge in [0.25, 0.3) is 0 Å². The Morgan fingerprint density at radius 1 is 0.495 bits per heavy atom. The summed E-state index contributed by atoms with van der Waals surface area (Å²) in [7, 11) is 8.50. The number of likely N-dealkylation sites (N-methyl/N-ethyl adjacent to an activating group) is 4. The first kappa shape index (κ1) is 74.1. The van der Waals surface area contributed by atoms with Gasteiger partial charge < -0.3 is 54.6 Å². The molecule has 4 saturated heterocycles. The fraction of sp³-hybridized carbons (Fsp3) is 0.707. The molecule has 3 aromatic rings. The molecule has 4 aliphatic heterocycles. The van der Waals surface area contributed by atoms with Gasteiger partial charge in [0, 0.05) is 87.7 Å². The van der Waals surface area contributed by atoms with E-state index in [9.17, 15) is 15.3 Å². The predicted octanol–water partition coefficient (Wildman–Crippen LogP) is 15.5. The van der Waals surface area contributed by atoms with Crippen LogP contribution in [-0.4, -0.2) is 169 Å². The number of aliphatic hydroxyl groups excluding tert-OH is 2. The number of halogens is 1. The number of hydrogen-bond acceptors (Lipinski definition) is 11. The Balaban J connectivity index is 0.000000131. The van der Waals surface area contributed by atoms with E-state index in [0.717, 1.165) is 118 Å². The van der Waals surface area contributed by atoms with Crippen molar-refractivity contribution in [1.29, 1.82) is 0 Å². The van der Waals surface area contributed by atoms with Gasteiger partial charge >= 0.3 is 0 Å². The van der Waals surface area contributed by atoms with Gasteiger partial charge in [-0.15, -0.1) is 0 Å². The maximum atomic E-state index is 9.87. The van der Waals surface area contributed by atoms with Crippen LogP contribution in [-0.2, 0) is 28.7 Å². The molecule has 16 atom stereocenters. The Labute approximate surface area is 617 Å². The van der Waals surface area contributed by atoms with Gasteiger partial charge in [-0.2, -0.15) is 0 Å². The number of phenols is 3. The number of hydrogen-bond donors (Lipinski definition) is 5. The summed E-state index contributed by atoms with van der Waals surface area (Å²) >= 11 is 3.60. The van der Waals surface area contributed by atoms with Crippen molar-refractivity contribution >= 4 is 15.9 Å². The summed E-state index contributed by atoms with van der Waals surface area (Å²) in [6, 6.07) is 19.4. The van der Waals surface area contributed by atoms with Crippen molar-refractivity contribution in [1.82, 2.24) is 19.6 Å². The quantitative estimate of drug-likeness (QED) is 0.0797. The molecule has 0 bridgehead atoms. The van der Waals surface area contributed by atoms with Crippen molar-refractivity contribution in [2.75, 3.05) is 99.2 Å². The second-order valence-corrected chi connectivity index (χ2v) is 33.4. The molecule has 95 heavy (non-hydrogen) atoms. The summed E-state index contributed by atoms with van der Waals surface area (Å²) in [6.45, 7) is 17.0. The molecule has 9 aliphatic carbocycles. The van der Waals surface area contributed by atoms with E-state index in [1.807, 2.05) is 43.4 Å². The minimum absolute atomic E-state index is 0. The number of alkyl halides is 1. The normalized spacial score (nSPS) is 37.2. The molecule has 11 nitrogen and oxygen atoms in total. The number of aryl methyl sites for hydroxylation is 3. The van der Waals surface area contributed by atoms with Crippen molar-refractivity contribution in [2.24, 2.45) is 51.8 Å². The minimum Gasteiger partial charge on any atom is -0.508 e. The average molecular weight is 1580 g/mol. The zero-order valence-electron chi connectivity index (χ0n) is 59.5. The standard InChI is InChI=1S/C26H37NO2.C25H35NO2.C20H25BrO.C6H13NO.C5H11NO.Ac/c1-26-13-11-23-22-9-7-21(28)16-18(22)5-8-24(23)25(26)10-6-19(26)12-15-29-17-20-4-3-14-27(20)2;1-25-12-9-22-21-7-5-19(27)15-17(21)3-6-23(22)24(25)8-4-18(25)11-14-28-20-10-13-26(2)16-20;1-20-10-8-17-16-6-4-15(22)12-13(16)2-5-18(17)19(20)7-3-14(20)9-11-21;1-7-4-2-3-6(7)5-8;1-6-3-2-5(7)4-6;/h7,9,12,16,20,23-25,28H,3-6,8,10-11,13-15,17H2,1-2H3;5,7,11,15,20,22-24,27H,3-4,6,8-10,12-14,16H2,1-2H3;4,6,9,12,17-19,22H,2-3,5,7-8,10-11H2,1H3;6,8H,2-5H2,1H3;5,7H,2-4H2,1H3;/b19-12+;18-11+;14-9+;;;. The molecule has 6 saturated carbocycles. The van der Waals surface area contributed by atoms with Gasteiger partial charge in [0.1, 0.15) is 17.2 Å². The van der Waals surface area contributed by atoms with Crippen LogP contribution in [0.25, 0.3) is 0 Å². The van der Waals surface area contributed by atoms with Gasteiger partial charge in [-0.3, -0.25) is 0 Å². The van der Waals surface area contributed by atoms with Gasteiger partial charge in [0.2, 0.25) is 0 Å². The summed E-state index contributed by atoms with van der Waals surface area (Å²) in [6.07, 6.45) is 37.9. The SMILES string of the molecule is CC12CCC3c4ccc(O)cc4CCC3C1CC/C2=C\CBr.CN1CCC(O)C1.CN1CCC(OC/C=C2\CCC3C4CCc5cc(O)ccc5C4CCC23C)C1.CN1CCCC1CO.CN1CCCC1COC/C=C1\CCC2C3CCc4cc(O)ccc4C3CCC12C.[Ac]. The third-order valence-electron chi connectivity index (χ3n) is 27.7. The van der Waals surface area contributed by atoms with Crippen LogP contribution in [0.1, 0.15) is 207 Å². The number of β-amino-alcohol motifs (C(OH)–C–C–N with tert-alkyl or cyclic N) is 1. The van der Waals surface area contributed by atoms with Crippen molar-refractivity contribution in [3.63, 3.8) is 0 Å². The van der Waals surface area contributed by atoms with E-state index >= 15 is 0 Å². The number of phenolic OH excluding ortho intramolecular Hbond substituents is 3. The van der Waals surface area contributed by atoms with Crippen LogP contribution in [0.5, 0.6) is 17.2 Å². The molecule has 4 heterocycles. The van der Waals surface area contributed by atoms with Crippen LogP contribution in [0.15, 0.2) is 89.5 Å². The Hall–Kier alpha value is -2.12. The fourth-order valence-electron chi connectivity index (χ4n) is 22.3. The second-order valence-electron chi connectivity index (χ2n) is 32.7. The molecule has 13 heteroatoms. The first-order valence-electron chi connectivity index (χ1n) is 37.7. The maximum Gasteiger partial charge on any atom is 0.115 e. The van der Waals surface area contributed by atoms with Crippen LogP contribution in [0, 0.1) is 95.8 Å². The van der Waals surface area contributed by atoms with E-state index in [4.69, 9.17) is 19.7 Å². The van der Waals surface area contributed by atoms with Gasteiger partial charge in [-0.1, -0.05) is 89.8 Å². The maximum absolute atomic E-state index is 9.87. The molecule has 521 valence electrons. The molecule has 10 fully saturated rings. The van der Waals surface area contributed by atoms with Crippen molar-refractivity contribution in [2.45, 2.75) is 217 Å². The van der Waals surface area contributed by atoms with Gasteiger partial charge in [0.15, 0.2) is 0 Å². The molecule has 0 aromatic heterocycles. The van der Waals surface area contributed by atoms with E-state index in [1.165, 1.54) is 175 Å². The molecule has 0 amide bonds. The summed E-state index contributed by atoms with van der Waals surface area (Å²) in [5.41, 5.74) is 15.1. The monoisotopic (exact) mass is 1580 g/mol. The first-order chi connectivity index (χ1) is 45.4. The van der Waals surface area contributed by atoms with E-state index in [0.29, 0.717) is 70.1 Å². The molecular weight excluding hydrogens is 1460 g/mol. The summed E-state index contributed by atoms with van der Waals surface area (Å²) in [5.74, 6) is 8.37. The number of rotatable bonds is 9. The number of benzene rings is 3. The van der Waals surface area contributed by atoms with E-state index in [-0.39, 0.29) is 50.2 Å². The topological polar surface area (TPSA) is 133 Å². The summed E-state index contributed by atoms with van der Waals surface area (Å²) < 4.78 is 12.3. The van der Waals surface area contributed by atoms with Crippen molar-refractivity contribution < 1.29 is 79.1 Å². The Kier molecular flexibility index (Phi) is 25.7. The zero-order chi connectivity index (χ0) is 65.9. The molecule has 5 N–H and O–H groups in total. The predicted molar refractivity (Wildman–Crippen MR) is 385 cm³/mol. The number of aromatic hydroxyl groups is 3. The van der Waals surface area contributed by atoms with Crippen molar-refractivity contribution in [3.05, 3.63) is 123 Å². The molecular formula is C82H121AcBrN4O7. The van der Waals surface area contributed by atoms with E-state index < -0.39 is 0 Å². The van der Waals surface area contributed by atoms with Gasteiger partial charge in [-0.05, 0) is 335 Å². The average Bonchev–Trinajstić information content (AvgIpc) is 1.69. The third kappa shape index (κ3) is 16.4. The second kappa shape index (κ2) is 32.9. The number of ether oxygens (including phenoxy) is 2. The number of aliphatic hydroxyl groups is 2. The van der Waals surface area contributed by atoms with Crippen LogP contribution in [0.2, 0.25) is 0 Å². The largest absolute Gasteiger partial charge is 0.508 e.